The van der Waals surface area contributed by atoms with E-state index < -0.39 is 0 Å². The molecule has 0 unspecified atom stereocenters. The van der Waals surface area contributed by atoms with Gasteiger partial charge < -0.3 is 29.3 Å². The van der Waals surface area contributed by atoms with E-state index in [0.717, 1.165) is 37.6 Å². The molecule has 0 bridgehead atoms. The van der Waals surface area contributed by atoms with Gasteiger partial charge in [0, 0.05) is 31.7 Å². The molecule has 1 N–H and O–H groups in total. The van der Waals surface area contributed by atoms with Gasteiger partial charge >= 0.3 is 0 Å². The van der Waals surface area contributed by atoms with Gasteiger partial charge in [0.2, 0.25) is 5.75 Å². The first-order chi connectivity index (χ1) is 15.1. The molecule has 0 aliphatic carbocycles. The third kappa shape index (κ3) is 5.61. The molecule has 0 saturated carbocycles. The van der Waals surface area contributed by atoms with E-state index >= 15 is 0 Å². The number of amides is 1. The first-order valence-corrected chi connectivity index (χ1v) is 11.0. The second-order valence-corrected chi connectivity index (χ2v) is 7.36. The molecule has 2 aromatic carbocycles. The zero-order valence-electron chi connectivity index (χ0n) is 18.9. The number of benzene rings is 2. The number of hydrogen-bond acceptors (Lipinski definition) is 6. The minimum Gasteiger partial charge on any atom is -0.490 e. The van der Waals surface area contributed by atoms with E-state index in [4.69, 9.17) is 14.2 Å². The fourth-order valence-corrected chi connectivity index (χ4v) is 3.62. The Balaban J connectivity index is 1.88. The summed E-state index contributed by atoms with van der Waals surface area (Å²) in [7, 11) is 2.13. The van der Waals surface area contributed by atoms with Crippen LogP contribution in [-0.4, -0.2) is 63.9 Å². The van der Waals surface area contributed by atoms with Crippen LogP contribution in [0.15, 0.2) is 36.4 Å². The molecule has 0 atom stereocenters. The second kappa shape index (κ2) is 10.9. The van der Waals surface area contributed by atoms with Crippen LogP contribution in [-0.2, 0) is 0 Å². The Labute approximate surface area is 184 Å². The lowest BCUT2D eigenvalue weighted by atomic mass is 10.1. The highest BCUT2D eigenvalue weighted by Gasteiger charge is 2.21. The van der Waals surface area contributed by atoms with Gasteiger partial charge in [0.15, 0.2) is 11.5 Å². The number of nitrogens with zero attached hydrogens (tertiary/aromatic N) is 2. The first kappa shape index (κ1) is 22.7. The van der Waals surface area contributed by atoms with Crippen molar-refractivity contribution in [2.75, 3.05) is 63.3 Å². The second-order valence-electron chi connectivity index (χ2n) is 7.36. The number of rotatable bonds is 9. The van der Waals surface area contributed by atoms with Crippen LogP contribution in [0.25, 0.3) is 0 Å². The lowest BCUT2D eigenvalue weighted by molar-refractivity contribution is 0.102. The Morgan fingerprint density at radius 1 is 0.903 bits per heavy atom. The molecular formula is C24H33N3O4. The summed E-state index contributed by atoms with van der Waals surface area (Å²) in [5.41, 5.74) is 2.29. The number of para-hydroxylation sites is 2. The number of ether oxygens (including phenoxy) is 3. The van der Waals surface area contributed by atoms with Crippen molar-refractivity contribution in [3.05, 3.63) is 42.0 Å². The molecule has 1 saturated heterocycles. The van der Waals surface area contributed by atoms with E-state index in [0.29, 0.717) is 42.6 Å². The molecule has 168 valence electrons. The van der Waals surface area contributed by atoms with Crippen molar-refractivity contribution in [1.29, 1.82) is 0 Å². The Bertz CT molecular complexity index is 852. The lowest BCUT2D eigenvalue weighted by Crippen LogP contribution is -2.44. The quantitative estimate of drug-likeness (QED) is 0.655. The summed E-state index contributed by atoms with van der Waals surface area (Å²) in [6, 6.07) is 11.4. The molecule has 1 amide bonds. The largest absolute Gasteiger partial charge is 0.490 e. The number of likely N-dealkylation sites (N-methyl/N-ethyl adjacent to an activating group) is 1. The fraction of sp³-hybridized carbons (Fsp3) is 0.458. The Morgan fingerprint density at radius 2 is 1.48 bits per heavy atom. The summed E-state index contributed by atoms with van der Waals surface area (Å²) in [6.07, 6.45) is 0. The molecule has 31 heavy (non-hydrogen) atoms. The van der Waals surface area contributed by atoms with Crippen molar-refractivity contribution in [1.82, 2.24) is 4.90 Å². The molecule has 7 nitrogen and oxygen atoms in total. The molecule has 1 fully saturated rings. The maximum atomic E-state index is 13.2. The highest BCUT2D eigenvalue weighted by atomic mass is 16.5. The van der Waals surface area contributed by atoms with Crippen LogP contribution in [0.4, 0.5) is 11.4 Å². The average molecular weight is 428 g/mol. The number of hydrogen-bond donors (Lipinski definition) is 1. The van der Waals surface area contributed by atoms with Crippen LogP contribution in [0.1, 0.15) is 31.1 Å². The topological polar surface area (TPSA) is 63.3 Å². The van der Waals surface area contributed by atoms with Gasteiger partial charge in [-0.2, -0.15) is 0 Å². The molecule has 2 aromatic rings. The summed E-state index contributed by atoms with van der Waals surface area (Å²) in [4.78, 5) is 17.8. The highest BCUT2D eigenvalue weighted by Crippen LogP contribution is 2.39. The molecule has 7 heteroatoms. The van der Waals surface area contributed by atoms with Crippen LogP contribution < -0.4 is 24.4 Å². The molecule has 1 heterocycles. The molecule has 0 aromatic heterocycles. The first-order valence-electron chi connectivity index (χ1n) is 11.0. The minimum absolute atomic E-state index is 0.216. The van der Waals surface area contributed by atoms with Gasteiger partial charge in [-0.1, -0.05) is 12.1 Å². The van der Waals surface area contributed by atoms with Crippen molar-refractivity contribution in [3.63, 3.8) is 0 Å². The zero-order chi connectivity index (χ0) is 22.2. The van der Waals surface area contributed by atoms with Crippen LogP contribution in [0, 0.1) is 0 Å². The van der Waals surface area contributed by atoms with Crippen molar-refractivity contribution in [2.24, 2.45) is 0 Å². The highest BCUT2D eigenvalue weighted by molar-refractivity contribution is 6.06. The van der Waals surface area contributed by atoms with Crippen LogP contribution in [0.5, 0.6) is 17.2 Å². The van der Waals surface area contributed by atoms with Gasteiger partial charge in [-0.3, -0.25) is 4.79 Å². The predicted octanol–water partition coefficient (Wildman–Crippen LogP) is 3.89. The Hall–Kier alpha value is -2.93. The van der Waals surface area contributed by atoms with Gasteiger partial charge in [0.05, 0.1) is 31.2 Å². The van der Waals surface area contributed by atoms with E-state index in [2.05, 4.69) is 28.2 Å². The van der Waals surface area contributed by atoms with Crippen molar-refractivity contribution >= 4 is 17.3 Å². The summed E-state index contributed by atoms with van der Waals surface area (Å²) in [5.74, 6) is 1.33. The van der Waals surface area contributed by atoms with Crippen LogP contribution in [0.2, 0.25) is 0 Å². The predicted molar refractivity (Wildman–Crippen MR) is 124 cm³/mol. The van der Waals surface area contributed by atoms with Crippen LogP contribution >= 0.6 is 0 Å². The molecule has 3 rings (SSSR count). The monoisotopic (exact) mass is 427 g/mol. The zero-order valence-corrected chi connectivity index (χ0v) is 18.9. The number of carbonyl (C=O) groups is 1. The van der Waals surface area contributed by atoms with Crippen molar-refractivity contribution in [2.45, 2.75) is 20.8 Å². The molecular weight excluding hydrogens is 394 g/mol. The minimum atomic E-state index is -0.216. The molecule has 0 radical (unpaired) electrons. The summed E-state index contributed by atoms with van der Waals surface area (Å²) >= 11 is 0. The number of nitrogens with one attached hydrogen (secondary N) is 1. The van der Waals surface area contributed by atoms with Crippen LogP contribution in [0.3, 0.4) is 0 Å². The van der Waals surface area contributed by atoms with E-state index in [1.165, 1.54) is 0 Å². The van der Waals surface area contributed by atoms with Crippen molar-refractivity contribution in [3.8, 4) is 17.2 Å². The van der Waals surface area contributed by atoms with Gasteiger partial charge in [0.1, 0.15) is 0 Å². The summed E-state index contributed by atoms with van der Waals surface area (Å²) < 4.78 is 17.2. The number of carbonyl (C=O) groups excluding carboxylic acids is 1. The van der Waals surface area contributed by atoms with Gasteiger partial charge in [-0.25, -0.2) is 0 Å². The third-order valence-electron chi connectivity index (χ3n) is 5.17. The lowest BCUT2D eigenvalue weighted by Gasteiger charge is -2.35. The fourth-order valence-electron chi connectivity index (χ4n) is 3.62. The van der Waals surface area contributed by atoms with E-state index in [1.54, 1.807) is 12.1 Å². The standard InChI is InChI=1S/C24H33N3O4/c1-5-29-21-16-18(17-22(30-6-2)23(21)31-7-3)24(28)25-19-10-8-9-11-20(19)27-14-12-26(4)13-15-27/h8-11,16-17H,5-7,12-15H2,1-4H3,(H,25,28). The maximum absolute atomic E-state index is 13.2. The molecule has 0 spiro atoms. The Kier molecular flexibility index (Phi) is 8.00. The van der Waals surface area contributed by atoms with Gasteiger partial charge in [-0.15, -0.1) is 0 Å². The smallest absolute Gasteiger partial charge is 0.255 e. The average Bonchev–Trinajstić information content (AvgIpc) is 2.77. The molecule has 1 aliphatic rings. The van der Waals surface area contributed by atoms with Gasteiger partial charge in [0.25, 0.3) is 5.91 Å². The number of piperazine rings is 1. The Morgan fingerprint density at radius 3 is 2.06 bits per heavy atom. The normalized spacial score (nSPS) is 14.3. The van der Waals surface area contributed by atoms with E-state index in [-0.39, 0.29) is 5.91 Å². The van der Waals surface area contributed by atoms with Gasteiger partial charge in [-0.05, 0) is 52.1 Å². The summed E-state index contributed by atoms with van der Waals surface area (Å²) in [6.45, 7) is 10.9. The summed E-state index contributed by atoms with van der Waals surface area (Å²) in [5, 5.41) is 3.08. The number of anilines is 2. The van der Waals surface area contributed by atoms with E-state index in [1.807, 2.05) is 39.0 Å². The van der Waals surface area contributed by atoms with Crippen molar-refractivity contribution < 1.29 is 19.0 Å². The molecule has 1 aliphatic heterocycles. The van der Waals surface area contributed by atoms with E-state index in [9.17, 15) is 4.79 Å². The SMILES string of the molecule is CCOc1cc(C(=O)Nc2ccccc2N2CCN(C)CC2)cc(OCC)c1OCC. The third-order valence-corrected chi connectivity index (χ3v) is 5.17. The maximum Gasteiger partial charge on any atom is 0.255 e.